The van der Waals surface area contributed by atoms with Gasteiger partial charge in [-0.25, -0.2) is 0 Å². The summed E-state index contributed by atoms with van der Waals surface area (Å²) in [7, 11) is 2.90. The standard InChI is InChI=1S/C15H21NO5/c1-15(2,3)16-13(18)9-21-14-11(19-4)6-10(8-17)7-12(14)20-5/h6-8H,9H2,1-5H3,(H,16,18). The van der Waals surface area contributed by atoms with Crippen LogP contribution in [0.1, 0.15) is 31.1 Å². The minimum absolute atomic E-state index is 0.176. The normalized spacial score (nSPS) is 10.7. The number of rotatable bonds is 6. The van der Waals surface area contributed by atoms with Crippen LogP contribution in [0.4, 0.5) is 0 Å². The molecule has 0 atom stereocenters. The zero-order valence-electron chi connectivity index (χ0n) is 13.0. The van der Waals surface area contributed by atoms with E-state index in [4.69, 9.17) is 14.2 Å². The second-order valence-corrected chi connectivity index (χ2v) is 5.46. The van der Waals surface area contributed by atoms with Gasteiger partial charge in [-0.1, -0.05) is 0 Å². The van der Waals surface area contributed by atoms with Crippen LogP contribution < -0.4 is 19.5 Å². The lowest BCUT2D eigenvalue weighted by atomic mass is 10.1. The van der Waals surface area contributed by atoms with E-state index in [1.165, 1.54) is 26.4 Å². The van der Waals surface area contributed by atoms with Crippen LogP contribution >= 0.6 is 0 Å². The molecule has 1 amide bonds. The number of benzene rings is 1. The summed E-state index contributed by atoms with van der Waals surface area (Å²) in [5.41, 5.74) is 0.0610. The largest absolute Gasteiger partial charge is 0.493 e. The molecule has 0 aliphatic carbocycles. The van der Waals surface area contributed by atoms with Crippen molar-refractivity contribution in [1.29, 1.82) is 0 Å². The molecule has 0 spiro atoms. The summed E-state index contributed by atoms with van der Waals surface area (Å²) in [5, 5.41) is 2.79. The van der Waals surface area contributed by atoms with Crippen molar-refractivity contribution < 1.29 is 23.8 Å². The summed E-state index contributed by atoms with van der Waals surface area (Å²) < 4.78 is 15.8. The van der Waals surface area contributed by atoms with Crippen molar-refractivity contribution in [3.8, 4) is 17.2 Å². The average molecular weight is 295 g/mol. The Hall–Kier alpha value is -2.24. The fraction of sp³-hybridized carbons (Fsp3) is 0.467. The minimum Gasteiger partial charge on any atom is -0.493 e. The van der Waals surface area contributed by atoms with E-state index in [0.717, 1.165) is 0 Å². The Morgan fingerprint density at radius 1 is 1.19 bits per heavy atom. The Morgan fingerprint density at radius 2 is 1.71 bits per heavy atom. The zero-order chi connectivity index (χ0) is 16.0. The molecule has 0 radical (unpaired) electrons. The molecule has 0 aromatic heterocycles. The fourth-order valence-corrected chi connectivity index (χ4v) is 1.70. The highest BCUT2D eigenvalue weighted by molar-refractivity contribution is 5.80. The predicted molar refractivity (Wildman–Crippen MR) is 78.3 cm³/mol. The van der Waals surface area contributed by atoms with Gasteiger partial charge < -0.3 is 19.5 Å². The van der Waals surface area contributed by atoms with Crippen molar-refractivity contribution >= 4 is 12.2 Å². The van der Waals surface area contributed by atoms with Gasteiger partial charge in [0, 0.05) is 11.1 Å². The van der Waals surface area contributed by atoms with Gasteiger partial charge >= 0.3 is 0 Å². The molecule has 0 unspecified atom stereocenters. The highest BCUT2D eigenvalue weighted by Gasteiger charge is 2.18. The number of hydrogen-bond donors (Lipinski definition) is 1. The third-order valence-corrected chi connectivity index (χ3v) is 2.48. The van der Waals surface area contributed by atoms with Gasteiger partial charge in [0.1, 0.15) is 6.29 Å². The van der Waals surface area contributed by atoms with Gasteiger partial charge in [-0.3, -0.25) is 9.59 Å². The van der Waals surface area contributed by atoms with Crippen LogP contribution in [0.2, 0.25) is 0 Å². The summed E-state index contributed by atoms with van der Waals surface area (Å²) in [6, 6.07) is 3.04. The molecule has 1 aromatic carbocycles. The maximum absolute atomic E-state index is 11.8. The molecule has 0 saturated heterocycles. The lowest BCUT2D eigenvalue weighted by Crippen LogP contribution is -2.43. The van der Waals surface area contributed by atoms with E-state index in [9.17, 15) is 9.59 Å². The Balaban J connectivity index is 2.92. The van der Waals surface area contributed by atoms with Gasteiger partial charge in [-0.2, -0.15) is 0 Å². The molecule has 0 fully saturated rings. The molecule has 0 aliphatic heterocycles. The van der Waals surface area contributed by atoms with Crippen LogP contribution in [0.5, 0.6) is 17.2 Å². The Morgan fingerprint density at radius 3 is 2.10 bits per heavy atom. The van der Waals surface area contributed by atoms with E-state index in [0.29, 0.717) is 23.3 Å². The summed E-state index contributed by atoms with van der Waals surface area (Å²) in [6.45, 7) is 5.46. The van der Waals surface area contributed by atoms with Crippen LogP contribution in [-0.2, 0) is 4.79 Å². The fourth-order valence-electron chi connectivity index (χ4n) is 1.70. The van der Waals surface area contributed by atoms with Gasteiger partial charge in [-0.15, -0.1) is 0 Å². The van der Waals surface area contributed by atoms with Crippen LogP contribution in [0.15, 0.2) is 12.1 Å². The van der Waals surface area contributed by atoms with Crippen LogP contribution in [0.25, 0.3) is 0 Å². The maximum Gasteiger partial charge on any atom is 0.258 e. The highest BCUT2D eigenvalue weighted by atomic mass is 16.5. The first-order valence-electron chi connectivity index (χ1n) is 6.45. The first-order valence-corrected chi connectivity index (χ1v) is 6.45. The molecular formula is C15H21NO5. The highest BCUT2D eigenvalue weighted by Crippen LogP contribution is 2.38. The smallest absolute Gasteiger partial charge is 0.258 e. The van der Waals surface area contributed by atoms with E-state index in [-0.39, 0.29) is 23.8 Å². The van der Waals surface area contributed by atoms with E-state index in [1.807, 2.05) is 20.8 Å². The van der Waals surface area contributed by atoms with Crippen molar-refractivity contribution in [2.45, 2.75) is 26.3 Å². The first-order chi connectivity index (χ1) is 9.80. The second-order valence-electron chi connectivity index (χ2n) is 5.46. The monoisotopic (exact) mass is 295 g/mol. The number of amides is 1. The van der Waals surface area contributed by atoms with Crippen molar-refractivity contribution in [3.63, 3.8) is 0 Å². The van der Waals surface area contributed by atoms with E-state index in [2.05, 4.69) is 5.32 Å². The van der Waals surface area contributed by atoms with Gasteiger partial charge in [0.05, 0.1) is 14.2 Å². The quantitative estimate of drug-likeness (QED) is 0.810. The number of methoxy groups -OCH3 is 2. The number of carbonyl (C=O) groups is 2. The summed E-state index contributed by atoms with van der Waals surface area (Å²) >= 11 is 0. The predicted octanol–water partition coefficient (Wildman–Crippen LogP) is 1.81. The number of nitrogens with one attached hydrogen (secondary N) is 1. The molecule has 1 N–H and O–H groups in total. The zero-order valence-corrected chi connectivity index (χ0v) is 13.0. The molecule has 21 heavy (non-hydrogen) atoms. The third kappa shape index (κ3) is 4.98. The first kappa shape index (κ1) is 16.8. The van der Waals surface area contributed by atoms with Gasteiger partial charge in [-0.05, 0) is 32.9 Å². The average Bonchev–Trinajstić information content (AvgIpc) is 2.42. The minimum atomic E-state index is -0.337. The van der Waals surface area contributed by atoms with Gasteiger partial charge in [0.2, 0.25) is 5.75 Å². The number of ether oxygens (including phenoxy) is 3. The molecule has 0 heterocycles. The number of hydrogen-bond acceptors (Lipinski definition) is 5. The molecule has 0 bridgehead atoms. The van der Waals surface area contributed by atoms with Crippen molar-refractivity contribution in [1.82, 2.24) is 5.32 Å². The van der Waals surface area contributed by atoms with Crippen molar-refractivity contribution in [2.75, 3.05) is 20.8 Å². The van der Waals surface area contributed by atoms with E-state index in [1.54, 1.807) is 0 Å². The Labute approximate surface area is 124 Å². The Kier molecular flexibility index (Phi) is 5.58. The Bertz CT molecular complexity index is 494. The van der Waals surface area contributed by atoms with Crippen LogP contribution in [0.3, 0.4) is 0 Å². The number of carbonyl (C=O) groups excluding carboxylic acids is 2. The third-order valence-electron chi connectivity index (χ3n) is 2.48. The van der Waals surface area contributed by atoms with E-state index >= 15 is 0 Å². The molecule has 6 nitrogen and oxygen atoms in total. The van der Waals surface area contributed by atoms with Crippen LogP contribution in [-0.4, -0.2) is 38.6 Å². The van der Waals surface area contributed by atoms with Crippen molar-refractivity contribution in [2.24, 2.45) is 0 Å². The SMILES string of the molecule is COc1cc(C=O)cc(OC)c1OCC(=O)NC(C)(C)C. The van der Waals surface area contributed by atoms with E-state index < -0.39 is 0 Å². The van der Waals surface area contributed by atoms with Crippen LogP contribution in [0, 0.1) is 0 Å². The maximum atomic E-state index is 11.8. The molecule has 116 valence electrons. The summed E-state index contributed by atoms with van der Waals surface area (Å²) in [5.74, 6) is 0.695. The lowest BCUT2D eigenvalue weighted by molar-refractivity contribution is -0.124. The van der Waals surface area contributed by atoms with Crippen molar-refractivity contribution in [3.05, 3.63) is 17.7 Å². The summed E-state index contributed by atoms with van der Waals surface area (Å²) in [6.07, 6.45) is 0.682. The summed E-state index contributed by atoms with van der Waals surface area (Å²) in [4.78, 5) is 22.6. The molecule has 1 rings (SSSR count). The molecule has 1 aromatic rings. The lowest BCUT2D eigenvalue weighted by Gasteiger charge is -2.21. The number of aldehydes is 1. The second kappa shape index (κ2) is 6.97. The molecule has 0 aliphatic rings. The van der Waals surface area contributed by atoms with Gasteiger partial charge in [0.25, 0.3) is 5.91 Å². The molecular weight excluding hydrogens is 274 g/mol. The van der Waals surface area contributed by atoms with Gasteiger partial charge in [0.15, 0.2) is 18.1 Å². The molecule has 6 heteroatoms. The topological polar surface area (TPSA) is 73.9 Å². The molecule has 0 saturated carbocycles.